The molecule has 0 radical (unpaired) electrons. The van der Waals surface area contributed by atoms with Gasteiger partial charge in [0.25, 0.3) is 5.91 Å². The lowest BCUT2D eigenvalue weighted by Gasteiger charge is -2.61. The van der Waals surface area contributed by atoms with Crippen LogP contribution in [-0.4, -0.2) is 56.9 Å². The maximum Gasteiger partial charge on any atom is 0.407 e. The lowest BCUT2D eigenvalue weighted by Crippen LogP contribution is -2.68. The van der Waals surface area contributed by atoms with E-state index in [1.165, 1.54) is 4.68 Å². The van der Waals surface area contributed by atoms with Crippen molar-refractivity contribution in [1.29, 1.82) is 0 Å². The van der Waals surface area contributed by atoms with Gasteiger partial charge < -0.3 is 20.1 Å². The second kappa shape index (κ2) is 7.88. The number of amides is 2. The minimum atomic E-state index is -1.34. The van der Waals surface area contributed by atoms with Gasteiger partial charge in [-0.15, -0.1) is 0 Å². The van der Waals surface area contributed by atoms with Gasteiger partial charge in [0.2, 0.25) is 0 Å². The fraction of sp³-hybridized carbons (Fsp3) is 0.619. The lowest BCUT2D eigenvalue weighted by atomic mass is 9.50. The SMILES string of the molecule is COCc1cc(C(=O)Nc2cc([C@@H]3CC[C@H](OC(=O)NC45CC(C4)C5)[C@H]3F)[nH]n2)n(C)n1. The number of aromatic amines is 1. The highest BCUT2D eigenvalue weighted by molar-refractivity contribution is 6.02. The first-order valence-electron chi connectivity index (χ1n) is 10.9. The van der Waals surface area contributed by atoms with Crippen LogP contribution in [0.1, 0.15) is 59.9 Å². The number of carbonyl (C=O) groups excluding carboxylic acids is 2. The molecule has 2 bridgehead atoms. The molecule has 2 aromatic rings. The molecule has 0 spiro atoms. The van der Waals surface area contributed by atoms with E-state index in [2.05, 4.69) is 25.9 Å². The minimum Gasteiger partial charge on any atom is -0.443 e. The molecule has 0 aliphatic heterocycles. The first kappa shape index (κ1) is 20.9. The predicted octanol–water partition coefficient (Wildman–Crippen LogP) is 2.40. The van der Waals surface area contributed by atoms with Crippen LogP contribution in [0.3, 0.4) is 0 Å². The number of nitrogens with zero attached hydrogens (tertiary/aromatic N) is 3. The molecule has 11 heteroatoms. The Morgan fingerprint density at radius 2 is 2.09 bits per heavy atom. The summed E-state index contributed by atoms with van der Waals surface area (Å²) in [7, 11) is 3.22. The summed E-state index contributed by atoms with van der Waals surface area (Å²) >= 11 is 0. The van der Waals surface area contributed by atoms with Crippen LogP contribution in [0.15, 0.2) is 12.1 Å². The molecule has 0 aromatic carbocycles. The number of alkyl halides is 1. The average molecular weight is 446 g/mol. The van der Waals surface area contributed by atoms with Crippen LogP contribution in [0.25, 0.3) is 0 Å². The molecule has 4 aliphatic rings. The number of hydrogen-bond acceptors (Lipinski definition) is 6. The van der Waals surface area contributed by atoms with Crippen LogP contribution in [0.4, 0.5) is 15.0 Å². The van der Waals surface area contributed by atoms with E-state index in [0.717, 1.165) is 25.2 Å². The molecule has 4 saturated carbocycles. The van der Waals surface area contributed by atoms with E-state index in [-0.39, 0.29) is 17.3 Å². The van der Waals surface area contributed by atoms with Crippen LogP contribution in [0, 0.1) is 5.92 Å². The number of halogens is 1. The third-order valence-corrected chi connectivity index (χ3v) is 6.86. The van der Waals surface area contributed by atoms with Crippen LogP contribution in [-0.2, 0) is 23.1 Å². The Labute approximate surface area is 184 Å². The van der Waals surface area contributed by atoms with E-state index in [0.29, 0.717) is 36.5 Å². The second-order valence-electron chi connectivity index (χ2n) is 9.20. The molecule has 10 nitrogen and oxygen atoms in total. The zero-order chi connectivity index (χ0) is 22.5. The summed E-state index contributed by atoms with van der Waals surface area (Å²) in [5, 5.41) is 16.7. The number of hydrogen-bond donors (Lipinski definition) is 3. The van der Waals surface area contributed by atoms with Gasteiger partial charge in [0, 0.05) is 37.4 Å². The molecule has 2 heterocycles. The molecule has 172 valence electrons. The highest BCUT2D eigenvalue weighted by atomic mass is 19.1. The lowest BCUT2D eigenvalue weighted by molar-refractivity contribution is -0.0532. The predicted molar refractivity (Wildman–Crippen MR) is 111 cm³/mol. The Kier molecular flexibility index (Phi) is 5.15. The van der Waals surface area contributed by atoms with E-state index in [9.17, 15) is 9.59 Å². The zero-order valence-electron chi connectivity index (χ0n) is 18.1. The highest BCUT2D eigenvalue weighted by Gasteiger charge is 2.58. The molecule has 4 fully saturated rings. The number of nitrogens with one attached hydrogen (secondary N) is 3. The van der Waals surface area contributed by atoms with Gasteiger partial charge in [-0.2, -0.15) is 10.2 Å². The standard InChI is InChI=1S/C21H27FN6O4/c1-28-15(5-12(27-28)10-31-2)19(29)23-17-6-14(25-26-17)13-3-4-16(18(13)22)32-20(30)24-21-7-11(8-21)9-21/h5-6,11,13,16,18H,3-4,7-10H2,1-2H3,(H,24,30)(H2,23,25,26,29)/t11?,13-,16-,18-,21?/m0/s1. The topological polar surface area (TPSA) is 123 Å². The second-order valence-corrected chi connectivity index (χ2v) is 9.20. The fourth-order valence-electron chi connectivity index (χ4n) is 5.12. The van der Waals surface area contributed by atoms with Crippen molar-refractivity contribution in [3.8, 4) is 0 Å². The number of H-pyrrole nitrogens is 1. The Morgan fingerprint density at radius 3 is 2.78 bits per heavy atom. The van der Waals surface area contributed by atoms with Gasteiger partial charge in [-0.1, -0.05) is 0 Å². The van der Waals surface area contributed by atoms with Crippen molar-refractivity contribution < 1.29 is 23.5 Å². The Bertz CT molecular complexity index is 1020. The van der Waals surface area contributed by atoms with Gasteiger partial charge in [0.1, 0.15) is 18.0 Å². The Morgan fingerprint density at radius 1 is 1.31 bits per heavy atom. The number of alkyl carbamates (subject to hydrolysis) is 1. The molecule has 3 atom stereocenters. The van der Waals surface area contributed by atoms with Crippen LogP contribution in [0.2, 0.25) is 0 Å². The number of methoxy groups -OCH3 is 1. The van der Waals surface area contributed by atoms with Gasteiger partial charge in [0.05, 0.1) is 12.3 Å². The van der Waals surface area contributed by atoms with E-state index in [4.69, 9.17) is 9.47 Å². The highest BCUT2D eigenvalue weighted by Crippen LogP contribution is 2.57. The molecule has 3 N–H and O–H groups in total. The molecule has 2 amide bonds. The van der Waals surface area contributed by atoms with Crippen molar-refractivity contribution in [2.24, 2.45) is 13.0 Å². The number of carbonyl (C=O) groups is 2. The quantitative estimate of drug-likeness (QED) is 0.600. The van der Waals surface area contributed by atoms with E-state index in [1.807, 2.05) is 0 Å². The molecule has 0 saturated heterocycles. The number of rotatable bonds is 7. The van der Waals surface area contributed by atoms with Crippen molar-refractivity contribution in [3.05, 3.63) is 29.2 Å². The van der Waals surface area contributed by atoms with Crippen LogP contribution in [0.5, 0.6) is 0 Å². The normalized spacial score (nSPS) is 30.3. The van der Waals surface area contributed by atoms with Crippen LogP contribution >= 0.6 is 0 Å². The molecular weight excluding hydrogens is 419 g/mol. The Hall–Kier alpha value is -2.95. The molecule has 0 unspecified atom stereocenters. The monoisotopic (exact) mass is 446 g/mol. The van der Waals surface area contributed by atoms with Crippen LogP contribution < -0.4 is 10.6 Å². The maximum absolute atomic E-state index is 15.0. The van der Waals surface area contributed by atoms with Gasteiger partial charge in [-0.05, 0) is 44.1 Å². The summed E-state index contributed by atoms with van der Waals surface area (Å²) in [6.45, 7) is 0.302. The van der Waals surface area contributed by atoms with Gasteiger partial charge in [-0.3, -0.25) is 14.6 Å². The van der Waals surface area contributed by atoms with Crippen molar-refractivity contribution in [2.75, 3.05) is 12.4 Å². The number of anilines is 1. The van der Waals surface area contributed by atoms with E-state index >= 15 is 4.39 Å². The third-order valence-electron chi connectivity index (χ3n) is 6.86. The summed E-state index contributed by atoms with van der Waals surface area (Å²) in [4.78, 5) is 24.7. The smallest absolute Gasteiger partial charge is 0.407 e. The van der Waals surface area contributed by atoms with E-state index in [1.54, 1.807) is 26.3 Å². The largest absolute Gasteiger partial charge is 0.443 e. The van der Waals surface area contributed by atoms with Gasteiger partial charge in [-0.25, -0.2) is 9.18 Å². The molecule has 4 aliphatic carbocycles. The van der Waals surface area contributed by atoms with E-state index < -0.39 is 24.3 Å². The summed E-state index contributed by atoms with van der Waals surface area (Å²) in [6.07, 6.45) is 1.31. The zero-order valence-corrected chi connectivity index (χ0v) is 18.1. The summed E-state index contributed by atoms with van der Waals surface area (Å²) in [5.41, 5.74) is 1.45. The minimum absolute atomic E-state index is 0.0970. The summed E-state index contributed by atoms with van der Waals surface area (Å²) < 4.78 is 26.9. The van der Waals surface area contributed by atoms with Crippen molar-refractivity contribution in [1.82, 2.24) is 25.3 Å². The van der Waals surface area contributed by atoms with Crippen molar-refractivity contribution >= 4 is 17.8 Å². The van der Waals surface area contributed by atoms with Crippen molar-refractivity contribution in [2.45, 2.75) is 62.4 Å². The first-order chi connectivity index (χ1) is 15.4. The molecule has 2 aromatic heterocycles. The first-order valence-corrected chi connectivity index (χ1v) is 10.9. The number of ether oxygens (including phenoxy) is 2. The van der Waals surface area contributed by atoms with Crippen molar-refractivity contribution in [3.63, 3.8) is 0 Å². The fourth-order valence-corrected chi connectivity index (χ4v) is 5.12. The average Bonchev–Trinajstić information content (AvgIpc) is 3.38. The number of aromatic nitrogens is 4. The summed E-state index contributed by atoms with van der Waals surface area (Å²) in [5.74, 6) is 0.166. The molecule has 32 heavy (non-hydrogen) atoms. The van der Waals surface area contributed by atoms with Gasteiger partial charge in [0.15, 0.2) is 5.82 Å². The van der Waals surface area contributed by atoms with Gasteiger partial charge >= 0.3 is 6.09 Å². The molecular formula is C21H27FN6O4. The summed E-state index contributed by atoms with van der Waals surface area (Å²) in [6, 6.07) is 3.26. The maximum atomic E-state index is 15.0. The Balaban J connectivity index is 1.17. The molecule has 6 rings (SSSR count). The number of aryl methyl sites for hydroxylation is 1. The third kappa shape index (κ3) is 3.74.